The molecule has 214 valence electrons. The van der Waals surface area contributed by atoms with Gasteiger partial charge >= 0.3 is 12.1 Å². The number of hydrogen-bond donors (Lipinski definition) is 1. The van der Waals surface area contributed by atoms with E-state index >= 15 is 0 Å². The summed E-state index contributed by atoms with van der Waals surface area (Å²) in [4.78, 5) is 26.2. The van der Waals surface area contributed by atoms with Crippen molar-refractivity contribution in [2.24, 2.45) is 0 Å². The Morgan fingerprint density at radius 1 is 0.925 bits per heavy atom. The van der Waals surface area contributed by atoms with E-state index in [4.69, 9.17) is 9.15 Å². The number of carbonyl (C=O) groups is 2. The lowest BCUT2D eigenvalue weighted by Crippen LogP contribution is -2.50. The van der Waals surface area contributed by atoms with Gasteiger partial charge in [-0.2, -0.15) is 4.31 Å². The molecule has 0 saturated carbocycles. The van der Waals surface area contributed by atoms with Gasteiger partial charge in [0.1, 0.15) is 0 Å². The van der Waals surface area contributed by atoms with Crippen LogP contribution in [0.5, 0.6) is 0 Å². The second-order valence-corrected chi connectivity index (χ2v) is 13.5. The number of piperazine rings is 1. The number of nitrogens with one attached hydrogen (secondary N) is 1. The molecule has 0 unspecified atom stereocenters. The molecule has 2 heterocycles. The number of sulfone groups is 1. The molecule has 0 spiro atoms. The minimum Gasteiger partial charge on any atom is -0.450 e. The summed E-state index contributed by atoms with van der Waals surface area (Å²) in [6, 6.07) is 11.2. The Balaban J connectivity index is 1.38. The highest BCUT2D eigenvalue weighted by Crippen LogP contribution is 2.24. The number of carbonyl (C=O) groups excluding carboxylic acids is 2. The highest BCUT2D eigenvalue weighted by Gasteiger charge is 2.30. The number of hydrogen-bond acceptors (Lipinski definition) is 10. The van der Waals surface area contributed by atoms with E-state index < -0.39 is 37.1 Å². The van der Waals surface area contributed by atoms with Gasteiger partial charge in [-0.25, -0.2) is 21.6 Å². The Morgan fingerprint density at radius 3 is 2.10 bits per heavy atom. The minimum atomic E-state index is -3.83. The van der Waals surface area contributed by atoms with Crippen LogP contribution < -0.4 is 5.32 Å². The summed E-state index contributed by atoms with van der Waals surface area (Å²) in [5.41, 5.74) is 0.627. The molecule has 1 fully saturated rings. The average Bonchev–Trinajstić information content (AvgIpc) is 3.41. The Bertz CT molecular complexity index is 1580. The van der Waals surface area contributed by atoms with Crippen molar-refractivity contribution < 1.29 is 35.6 Å². The summed E-state index contributed by atoms with van der Waals surface area (Å²) >= 11 is 0. The number of nitrogens with zero attached hydrogens (tertiary/aromatic N) is 4. The van der Waals surface area contributed by atoms with E-state index in [1.165, 1.54) is 57.7 Å². The maximum absolute atomic E-state index is 13.0. The molecule has 13 nitrogen and oxygen atoms in total. The number of anilines is 1. The van der Waals surface area contributed by atoms with E-state index in [0.717, 1.165) is 0 Å². The number of aromatic nitrogens is 2. The highest BCUT2D eigenvalue weighted by atomic mass is 32.2. The van der Waals surface area contributed by atoms with Crippen molar-refractivity contribution in [1.29, 1.82) is 0 Å². The third-order valence-electron chi connectivity index (χ3n) is 6.21. The van der Waals surface area contributed by atoms with E-state index in [9.17, 15) is 26.4 Å². The van der Waals surface area contributed by atoms with Crippen LogP contribution in [0.15, 0.2) is 62.7 Å². The van der Waals surface area contributed by atoms with Crippen molar-refractivity contribution in [1.82, 2.24) is 19.4 Å². The molecule has 1 aromatic heterocycles. The average molecular weight is 592 g/mol. The number of ether oxygens (including phenoxy) is 1. The van der Waals surface area contributed by atoms with Gasteiger partial charge in [-0.05, 0) is 69.3 Å². The number of sulfonamides is 1. The first-order valence-electron chi connectivity index (χ1n) is 12.4. The minimum absolute atomic E-state index is 0.0108. The first-order valence-corrected chi connectivity index (χ1v) is 15.4. The summed E-state index contributed by atoms with van der Waals surface area (Å²) in [5, 5.41) is 9.58. The molecule has 0 bridgehead atoms. The Hall–Kier alpha value is -3.82. The van der Waals surface area contributed by atoms with Crippen LogP contribution in [0.3, 0.4) is 0 Å². The van der Waals surface area contributed by atoms with E-state index in [0.29, 0.717) is 5.56 Å². The zero-order valence-electron chi connectivity index (χ0n) is 22.1. The van der Waals surface area contributed by atoms with Crippen LogP contribution in [0.4, 0.5) is 10.8 Å². The smallest absolute Gasteiger partial charge is 0.409 e. The predicted molar refractivity (Wildman–Crippen MR) is 144 cm³/mol. The molecule has 0 radical (unpaired) electrons. The van der Waals surface area contributed by atoms with Crippen LogP contribution in [0, 0.1) is 0 Å². The van der Waals surface area contributed by atoms with Crippen molar-refractivity contribution in [3.05, 3.63) is 54.1 Å². The van der Waals surface area contributed by atoms with Gasteiger partial charge in [-0.15, -0.1) is 5.10 Å². The molecule has 4 rings (SSSR count). The van der Waals surface area contributed by atoms with E-state index in [1.807, 2.05) is 0 Å². The second-order valence-electron chi connectivity index (χ2n) is 9.10. The molecule has 1 saturated heterocycles. The maximum Gasteiger partial charge on any atom is 0.409 e. The van der Waals surface area contributed by atoms with Crippen LogP contribution >= 0.6 is 0 Å². The monoisotopic (exact) mass is 591 g/mol. The van der Waals surface area contributed by atoms with Crippen LogP contribution in [0.1, 0.15) is 31.1 Å². The molecule has 1 aliphatic heterocycles. The number of rotatable bonds is 8. The summed E-state index contributed by atoms with van der Waals surface area (Å²) in [7, 11) is -7.25. The van der Waals surface area contributed by atoms with Crippen molar-refractivity contribution in [2.75, 3.05) is 38.1 Å². The highest BCUT2D eigenvalue weighted by molar-refractivity contribution is 7.92. The van der Waals surface area contributed by atoms with Crippen molar-refractivity contribution in [3.63, 3.8) is 0 Å². The lowest BCUT2D eigenvalue weighted by Gasteiger charge is -2.33. The molecule has 0 aliphatic carbocycles. The van der Waals surface area contributed by atoms with Gasteiger partial charge in [0.2, 0.25) is 15.9 Å². The standard InChI is InChI=1S/C25H29N5O8S2/c1-4-37-25(32)29-13-15-30(16-14-29)40(35,36)21-11-5-18(6-12-21)22(31)26-24-28-27-23(38-24)19-7-9-20(10-8-19)39(33,34)17(2)3/h5-12,17H,4,13-16H2,1-3H3,(H,26,28,31). The Labute approximate surface area is 232 Å². The number of amides is 2. The van der Waals surface area contributed by atoms with Crippen molar-refractivity contribution in [3.8, 4) is 11.5 Å². The second kappa shape index (κ2) is 11.7. The molecule has 1 aliphatic rings. The van der Waals surface area contributed by atoms with Gasteiger partial charge in [0, 0.05) is 37.3 Å². The van der Waals surface area contributed by atoms with E-state index in [2.05, 4.69) is 15.5 Å². The summed E-state index contributed by atoms with van der Waals surface area (Å²) in [6.07, 6.45) is -0.474. The molecule has 2 aromatic carbocycles. The first-order chi connectivity index (χ1) is 18.9. The van der Waals surface area contributed by atoms with Gasteiger partial charge < -0.3 is 14.1 Å². The zero-order valence-corrected chi connectivity index (χ0v) is 23.7. The Morgan fingerprint density at radius 2 is 1.52 bits per heavy atom. The van der Waals surface area contributed by atoms with Gasteiger partial charge in [-0.1, -0.05) is 5.10 Å². The van der Waals surface area contributed by atoms with Gasteiger partial charge in [0.15, 0.2) is 9.84 Å². The first kappa shape index (κ1) is 29.2. The normalized spacial score (nSPS) is 14.8. The molecule has 15 heteroatoms. The van der Waals surface area contributed by atoms with Crippen molar-refractivity contribution in [2.45, 2.75) is 35.8 Å². The molecule has 3 aromatic rings. The molecule has 0 atom stereocenters. The lowest BCUT2D eigenvalue weighted by molar-refractivity contribution is 0.0933. The largest absolute Gasteiger partial charge is 0.450 e. The van der Waals surface area contributed by atoms with E-state index in [-0.39, 0.29) is 60.0 Å². The number of benzene rings is 2. The SMILES string of the molecule is CCOC(=O)N1CCN(S(=O)(=O)c2ccc(C(=O)Nc3nnc(-c4ccc(S(=O)(=O)C(C)C)cc4)o3)cc2)CC1. The summed E-state index contributed by atoms with van der Waals surface area (Å²) in [5.74, 6) is -0.520. The van der Waals surface area contributed by atoms with E-state index in [1.54, 1.807) is 20.8 Å². The van der Waals surface area contributed by atoms with Gasteiger partial charge in [0.05, 0.1) is 21.6 Å². The molecule has 1 N–H and O–H groups in total. The molecular weight excluding hydrogens is 562 g/mol. The molecular formula is C25H29N5O8S2. The fourth-order valence-electron chi connectivity index (χ4n) is 3.87. The molecule has 2 amide bonds. The van der Waals surface area contributed by atoms with Crippen LogP contribution in [-0.2, 0) is 24.6 Å². The van der Waals surface area contributed by atoms with Gasteiger partial charge in [0.25, 0.3) is 5.91 Å². The third kappa shape index (κ3) is 6.16. The van der Waals surface area contributed by atoms with Crippen LogP contribution in [0.25, 0.3) is 11.5 Å². The fraction of sp³-hybridized carbons (Fsp3) is 0.360. The van der Waals surface area contributed by atoms with Crippen LogP contribution in [-0.4, -0.2) is 86.3 Å². The van der Waals surface area contributed by atoms with Gasteiger partial charge in [-0.3, -0.25) is 10.1 Å². The quantitative estimate of drug-likeness (QED) is 0.411. The zero-order chi connectivity index (χ0) is 29.1. The van der Waals surface area contributed by atoms with Crippen LogP contribution in [0.2, 0.25) is 0 Å². The predicted octanol–water partition coefficient (Wildman–Crippen LogP) is 2.63. The molecule has 40 heavy (non-hydrogen) atoms. The maximum atomic E-state index is 13.0. The fourth-order valence-corrected chi connectivity index (χ4v) is 6.35. The Kier molecular flexibility index (Phi) is 8.56. The van der Waals surface area contributed by atoms with Crippen molar-refractivity contribution >= 4 is 37.9 Å². The summed E-state index contributed by atoms with van der Waals surface area (Å²) < 4.78 is 62.4. The third-order valence-corrected chi connectivity index (χ3v) is 10.3. The lowest BCUT2D eigenvalue weighted by atomic mass is 10.2. The topological polar surface area (TPSA) is 169 Å². The summed E-state index contributed by atoms with van der Waals surface area (Å²) in [6.45, 7) is 5.81.